The molecule has 2 aliphatic rings. The molecule has 3 atom stereocenters. The molecular formula is C18H30N4O3. The number of rotatable bonds is 3. The van der Waals surface area contributed by atoms with Crippen LogP contribution in [-0.4, -0.2) is 45.7 Å². The molecule has 1 unspecified atom stereocenters. The zero-order chi connectivity index (χ0) is 18.0. The molecule has 1 aliphatic carbocycles. The Kier molecular flexibility index (Phi) is 5.32. The van der Waals surface area contributed by atoms with Gasteiger partial charge in [-0.2, -0.15) is 0 Å². The van der Waals surface area contributed by atoms with Gasteiger partial charge in [-0.3, -0.25) is 0 Å². The Morgan fingerprint density at radius 1 is 1.24 bits per heavy atom. The van der Waals surface area contributed by atoms with E-state index in [0.717, 1.165) is 56.7 Å². The lowest BCUT2D eigenvalue weighted by molar-refractivity contribution is 0.0489. The van der Waals surface area contributed by atoms with E-state index in [-0.39, 0.29) is 18.2 Å². The number of amides is 1. The Hall–Kier alpha value is -1.63. The number of hydrogen-bond donors (Lipinski definition) is 1. The molecule has 1 aromatic rings. The molecule has 7 heteroatoms. The Morgan fingerprint density at radius 2 is 2.04 bits per heavy atom. The van der Waals surface area contributed by atoms with Gasteiger partial charge in [0.25, 0.3) is 0 Å². The number of ether oxygens (including phenoxy) is 2. The summed E-state index contributed by atoms with van der Waals surface area (Å²) in [5.41, 5.74) is -0.470. The lowest BCUT2D eigenvalue weighted by Crippen LogP contribution is -2.41. The number of carbonyl (C=O) groups excluding carboxylic acids is 1. The van der Waals surface area contributed by atoms with Crippen LogP contribution in [0.4, 0.5) is 4.79 Å². The maximum Gasteiger partial charge on any atom is 0.407 e. The van der Waals surface area contributed by atoms with Crippen molar-refractivity contribution in [2.75, 3.05) is 7.11 Å². The van der Waals surface area contributed by atoms with E-state index in [0.29, 0.717) is 5.92 Å². The van der Waals surface area contributed by atoms with Crippen LogP contribution in [0.2, 0.25) is 0 Å². The predicted molar refractivity (Wildman–Crippen MR) is 93.5 cm³/mol. The number of nitrogens with one attached hydrogen (secondary N) is 1. The zero-order valence-corrected chi connectivity index (χ0v) is 15.7. The highest BCUT2D eigenvalue weighted by Crippen LogP contribution is 2.33. The molecule has 3 rings (SSSR count). The minimum atomic E-state index is -0.470. The van der Waals surface area contributed by atoms with Gasteiger partial charge in [0, 0.05) is 32.0 Å². The maximum absolute atomic E-state index is 12.0. The second-order valence-electron chi connectivity index (χ2n) is 8.18. The molecule has 1 aliphatic heterocycles. The van der Waals surface area contributed by atoms with E-state index in [9.17, 15) is 4.79 Å². The zero-order valence-electron chi connectivity index (χ0n) is 15.7. The van der Waals surface area contributed by atoms with Crippen LogP contribution < -0.4 is 5.32 Å². The Bertz CT molecular complexity index is 608. The van der Waals surface area contributed by atoms with Gasteiger partial charge in [-0.25, -0.2) is 4.79 Å². The molecule has 1 fully saturated rings. The van der Waals surface area contributed by atoms with Crippen molar-refractivity contribution in [3.63, 3.8) is 0 Å². The number of alkyl carbamates (subject to hydrolysis) is 1. The average Bonchev–Trinajstić information content (AvgIpc) is 2.96. The van der Waals surface area contributed by atoms with Crippen molar-refractivity contribution >= 4 is 6.09 Å². The normalized spacial score (nSPS) is 26.8. The van der Waals surface area contributed by atoms with E-state index in [1.165, 1.54) is 0 Å². The fourth-order valence-electron chi connectivity index (χ4n) is 3.86. The molecule has 0 saturated heterocycles. The molecule has 7 nitrogen and oxygen atoms in total. The summed E-state index contributed by atoms with van der Waals surface area (Å²) in [6, 6.07) is 0.136. The van der Waals surface area contributed by atoms with Crippen molar-refractivity contribution in [2.24, 2.45) is 0 Å². The van der Waals surface area contributed by atoms with E-state index < -0.39 is 5.60 Å². The van der Waals surface area contributed by atoms with E-state index in [1.807, 2.05) is 20.8 Å². The monoisotopic (exact) mass is 350 g/mol. The van der Waals surface area contributed by atoms with Gasteiger partial charge in [-0.1, -0.05) is 6.42 Å². The molecular weight excluding hydrogens is 320 g/mol. The van der Waals surface area contributed by atoms with Crippen molar-refractivity contribution in [3.8, 4) is 0 Å². The van der Waals surface area contributed by atoms with Crippen LogP contribution in [0, 0.1) is 0 Å². The summed E-state index contributed by atoms with van der Waals surface area (Å²) in [4.78, 5) is 12.0. The number of fused-ring (bicyclic) bond motifs is 1. The third-order valence-corrected chi connectivity index (χ3v) is 5.03. The number of hydrogen-bond acceptors (Lipinski definition) is 5. The molecule has 2 heterocycles. The van der Waals surface area contributed by atoms with Gasteiger partial charge in [-0.15, -0.1) is 10.2 Å². The van der Waals surface area contributed by atoms with E-state index in [4.69, 9.17) is 9.47 Å². The number of methoxy groups -OCH3 is 1. The minimum Gasteiger partial charge on any atom is -0.444 e. The van der Waals surface area contributed by atoms with Gasteiger partial charge in [-0.05, 0) is 46.5 Å². The van der Waals surface area contributed by atoms with Crippen molar-refractivity contribution in [1.82, 2.24) is 20.1 Å². The van der Waals surface area contributed by atoms with Crippen LogP contribution in [0.15, 0.2) is 0 Å². The summed E-state index contributed by atoms with van der Waals surface area (Å²) in [5, 5.41) is 11.9. The van der Waals surface area contributed by atoms with E-state index in [2.05, 4.69) is 20.1 Å². The SMILES string of the molecule is COC1CCn2c(nnc2[C@H]2CCC[C@@H](NC(=O)OC(C)(C)C)C2)C1. The third-order valence-electron chi connectivity index (χ3n) is 5.03. The van der Waals surface area contributed by atoms with Crippen molar-refractivity contribution < 1.29 is 14.3 Å². The lowest BCUT2D eigenvalue weighted by atomic mass is 9.85. The number of nitrogens with zero attached hydrogens (tertiary/aromatic N) is 3. The standard InChI is InChI=1S/C18H30N4O3/c1-18(2,3)25-17(23)19-13-7-5-6-12(10-13)16-21-20-15-11-14(24-4)8-9-22(15)16/h12-14H,5-11H2,1-4H3,(H,19,23)/t12-,13+,14?/m0/s1. The van der Waals surface area contributed by atoms with E-state index >= 15 is 0 Å². The Morgan fingerprint density at radius 3 is 2.76 bits per heavy atom. The maximum atomic E-state index is 12.0. The molecule has 1 N–H and O–H groups in total. The van der Waals surface area contributed by atoms with Crippen LogP contribution in [0.1, 0.15) is 70.4 Å². The Labute approximate surface area is 149 Å². The van der Waals surface area contributed by atoms with Gasteiger partial charge < -0.3 is 19.4 Å². The van der Waals surface area contributed by atoms with Gasteiger partial charge in [0.1, 0.15) is 17.2 Å². The highest BCUT2D eigenvalue weighted by Gasteiger charge is 2.31. The molecule has 140 valence electrons. The fourth-order valence-corrected chi connectivity index (χ4v) is 3.86. The quantitative estimate of drug-likeness (QED) is 0.907. The highest BCUT2D eigenvalue weighted by molar-refractivity contribution is 5.68. The van der Waals surface area contributed by atoms with Gasteiger partial charge in [0.05, 0.1) is 6.10 Å². The molecule has 25 heavy (non-hydrogen) atoms. The fraction of sp³-hybridized carbons (Fsp3) is 0.833. The van der Waals surface area contributed by atoms with Crippen molar-refractivity contribution in [2.45, 2.75) is 89.5 Å². The molecule has 0 spiro atoms. The van der Waals surface area contributed by atoms with Crippen LogP contribution in [0.25, 0.3) is 0 Å². The summed E-state index contributed by atoms with van der Waals surface area (Å²) in [7, 11) is 1.76. The second-order valence-corrected chi connectivity index (χ2v) is 8.18. The smallest absolute Gasteiger partial charge is 0.407 e. The Balaban J connectivity index is 1.63. The first-order chi connectivity index (χ1) is 11.9. The average molecular weight is 350 g/mol. The van der Waals surface area contributed by atoms with Gasteiger partial charge >= 0.3 is 6.09 Å². The van der Waals surface area contributed by atoms with Gasteiger partial charge in [0.15, 0.2) is 0 Å². The second kappa shape index (κ2) is 7.32. The van der Waals surface area contributed by atoms with Gasteiger partial charge in [0.2, 0.25) is 0 Å². The number of aromatic nitrogens is 3. The van der Waals surface area contributed by atoms with Crippen LogP contribution in [0.3, 0.4) is 0 Å². The molecule has 1 amide bonds. The van der Waals surface area contributed by atoms with Crippen LogP contribution in [-0.2, 0) is 22.4 Å². The summed E-state index contributed by atoms with van der Waals surface area (Å²) >= 11 is 0. The largest absolute Gasteiger partial charge is 0.444 e. The molecule has 1 aromatic heterocycles. The van der Waals surface area contributed by atoms with Crippen LogP contribution in [0.5, 0.6) is 0 Å². The summed E-state index contributed by atoms with van der Waals surface area (Å²) in [5.74, 6) is 2.43. The lowest BCUT2D eigenvalue weighted by Gasteiger charge is -2.31. The number of carbonyl (C=O) groups is 1. The minimum absolute atomic E-state index is 0.136. The van der Waals surface area contributed by atoms with E-state index in [1.54, 1.807) is 7.11 Å². The highest BCUT2D eigenvalue weighted by atomic mass is 16.6. The first kappa shape index (κ1) is 18.2. The summed E-state index contributed by atoms with van der Waals surface area (Å²) < 4.78 is 13.1. The third kappa shape index (κ3) is 4.51. The first-order valence-electron chi connectivity index (χ1n) is 9.30. The topological polar surface area (TPSA) is 78.3 Å². The van der Waals surface area contributed by atoms with Crippen molar-refractivity contribution in [1.29, 1.82) is 0 Å². The predicted octanol–water partition coefficient (Wildman–Crippen LogP) is 2.79. The molecule has 0 aromatic carbocycles. The van der Waals surface area contributed by atoms with Crippen molar-refractivity contribution in [3.05, 3.63) is 11.6 Å². The first-order valence-corrected chi connectivity index (χ1v) is 9.30. The van der Waals surface area contributed by atoms with Crippen LogP contribution >= 0.6 is 0 Å². The summed E-state index contributed by atoms with van der Waals surface area (Å²) in [6.07, 6.45) is 5.80. The summed E-state index contributed by atoms with van der Waals surface area (Å²) in [6.45, 7) is 6.56. The molecule has 1 saturated carbocycles. The molecule has 0 radical (unpaired) electrons. The molecule has 0 bridgehead atoms.